The van der Waals surface area contributed by atoms with E-state index in [1.807, 2.05) is 0 Å². The molecule has 0 aromatic carbocycles. The van der Waals surface area contributed by atoms with Crippen molar-refractivity contribution in [3.63, 3.8) is 0 Å². The Morgan fingerprint density at radius 3 is 2.29 bits per heavy atom. The van der Waals surface area contributed by atoms with Gasteiger partial charge in [-0.3, -0.25) is 18.9 Å². The number of carbonyl (C=O) groups excluding carboxylic acids is 3. The van der Waals surface area contributed by atoms with Gasteiger partial charge in [0.15, 0.2) is 0 Å². The number of imide groups is 1. The van der Waals surface area contributed by atoms with E-state index in [9.17, 15) is 22.8 Å². The molecule has 0 aliphatic carbocycles. The molecule has 0 heterocycles. The first-order chi connectivity index (χ1) is 7.72. The molecule has 0 fully saturated rings. The highest BCUT2D eigenvalue weighted by Crippen LogP contribution is 2.11. The molecule has 0 aliphatic heterocycles. The van der Waals surface area contributed by atoms with Crippen LogP contribution in [-0.4, -0.2) is 42.1 Å². The van der Waals surface area contributed by atoms with Crippen molar-refractivity contribution in [2.75, 3.05) is 5.75 Å². The summed E-state index contributed by atoms with van der Waals surface area (Å²) >= 11 is 0. The van der Waals surface area contributed by atoms with Gasteiger partial charge in [-0.2, -0.15) is 8.42 Å². The maximum Gasteiger partial charge on any atom is 0.321 e. The van der Waals surface area contributed by atoms with Crippen LogP contribution in [0, 0.1) is 5.92 Å². The fourth-order valence-electron chi connectivity index (χ4n) is 1.11. The zero-order valence-corrected chi connectivity index (χ0v) is 10.1. The first-order valence-corrected chi connectivity index (χ1v) is 6.24. The van der Waals surface area contributed by atoms with Crippen molar-refractivity contribution in [3.05, 3.63) is 0 Å². The highest BCUT2D eigenvalue weighted by molar-refractivity contribution is 7.85. The Morgan fingerprint density at radius 1 is 1.47 bits per heavy atom. The van der Waals surface area contributed by atoms with Gasteiger partial charge in [0.25, 0.3) is 21.9 Å². The molecule has 0 rings (SSSR count). The lowest BCUT2D eigenvalue weighted by atomic mass is 10.1. The Hall–Kier alpha value is -1.48. The van der Waals surface area contributed by atoms with E-state index in [0.717, 1.165) is 6.92 Å². The Bertz CT molecular complexity index is 402. The fourth-order valence-corrected chi connectivity index (χ4v) is 1.99. The number of nitrogens with zero attached hydrogens (tertiary/aromatic N) is 1. The van der Waals surface area contributed by atoms with Crippen LogP contribution in [0.5, 0.6) is 0 Å². The predicted octanol–water partition coefficient (Wildman–Crippen LogP) is -0.637. The van der Waals surface area contributed by atoms with Crippen LogP contribution in [0.3, 0.4) is 0 Å². The smallest absolute Gasteiger partial charge is 0.321 e. The maximum atomic E-state index is 11.6. The normalized spacial score (nSPS) is 12.6. The second-order valence-electron chi connectivity index (χ2n) is 3.21. The molecule has 9 heteroatoms. The molecule has 98 valence electrons. The molecule has 8 nitrogen and oxygen atoms in total. The number of carbonyl (C=O) groups is 3. The summed E-state index contributed by atoms with van der Waals surface area (Å²) in [6, 6.07) is 0. The molecule has 0 bridgehead atoms. The summed E-state index contributed by atoms with van der Waals surface area (Å²) in [6.07, 6.45) is 0.0601. The van der Waals surface area contributed by atoms with Crippen molar-refractivity contribution < 1.29 is 32.2 Å². The number of hydrogen-bond acceptors (Lipinski definition) is 6. The summed E-state index contributed by atoms with van der Waals surface area (Å²) in [5, 5.41) is 0.159. The van der Waals surface area contributed by atoms with Gasteiger partial charge in [0.2, 0.25) is 0 Å². The lowest BCUT2D eigenvalue weighted by Gasteiger charge is -2.19. The van der Waals surface area contributed by atoms with Crippen LogP contribution in [0.2, 0.25) is 0 Å². The lowest BCUT2D eigenvalue weighted by Crippen LogP contribution is -2.41. The molecule has 0 saturated heterocycles. The van der Waals surface area contributed by atoms with Crippen LogP contribution in [-0.2, 0) is 29.3 Å². The summed E-state index contributed by atoms with van der Waals surface area (Å²) < 4.78 is 29.9. The molecule has 1 N–H and O–H groups in total. The van der Waals surface area contributed by atoms with E-state index < -0.39 is 33.6 Å². The van der Waals surface area contributed by atoms with Crippen molar-refractivity contribution in [1.82, 2.24) is 5.06 Å². The van der Waals surface area contributed by atoms with Crippen LogP contribution < -0.4 is 0 Å². The summed E-state index contributed by atoms with van der Waals surface area (Å²) in [5.74, 6) is -3.86. The minimum Gasteiger partial charge on any atom is -0.334 e. The van der Waals surface area contributed by atoms with Crippen LogP contribution >= 0.6 is 0 Å². The second-order valence-corrected chi connectivity index (χ2v) is 4.70. The number of hydrogen-bond donors (Lipinski definition) is 1. The first kappa shape index (κ1) is 15.5. The van der Waals surface area contributed by atoms with Gasteiger partial charge in [-0.15, -0.1) is 5.06 Å². The van der Waals surface area contributed by atoms with Gasteiger partial charge in [-0.05, 0) is 6.42 Å². The Morgan fingerprint density at radius 2 is 2.00 bits per heavy atom. The molecular formula is C8H13NO7S. The van der Waals surface area contributed by atoms with Gasteiger partial charge in [0.1, 0.15) is 0 Å². The Labute approximate surface area is 98.2 Å². The van der Waals surface area contributed by atoms with Crippen molar-refractivity contribution in [1.29, 1.82) is 0 Å². The van der Waals surface area contributed by atoms with Crippen LogP contribution in [0.1, 0.15) is 20.3 Å². The first-order valence-electron chi connectivity index (χ1n) is 4.63. The van der Waals surface area contributed by atoms with E-state index in [2.05, 4.69) is 4.84 Å². The van der Waals surface area contributed by atoms with Gasteiger partial charge >= 0.3 is 6.47 Å². The third-order valence-electron chi connectivity index (χ3n) is 1.89. The van der Waals surface area contributed by atoms with Gasteiger partial charge in [0.05, 0.1) is 11.7 Å². The minimum absolute atomic E-state index is 0.0601. The molecule has 2 amide bonds. The summed E-state index contributed by atoms with van der Waals surface area (Å²) in [4.78, 5) is 36.8. The average molecular weight is 267 g/mol. The van der Waals surface area contributed by atoms with Gasteiger partial charge in [-0.1, -0.05) is 6.92 Å². The second kappa shape index (κ2) is 6.30. The van der Waals surface area contributed by atoms with Crippen molar-refractivity contribution in [2.45, 2.75) is 20.3 Å². The SMILES string of the molecule is CCC(CS(=O)(=O)O)C(=O)N(OC=O)C(C)=O. The molecule has 0 aliphatic rings. The minimum atomic E-state index is -4.36. The van der Waals surface area contributed by atoms with Crippen molar-refractivity contribution in [2.24, 2.45) is 5.92 Å². The standard InChI is InChI=1S/C8H13NO7S/c1-3-7(4-17(13,14)15)8(12)9(6(2)11)16-5-10/h5,7H,3-4H2,1-2H3,(H,13,14,15). The maximum absolute atomic E-state index is 11.6. The molecular weight excluding hydrogens is 254 g/mol. The largest absolute Gasteiger partial charge is 0.334 e. The summed E-state index contributed by atoms with van der Waals surface area (Å²) in [6.45, 7) is 2.34. The molecule has 1 atom stereocenters. The molecule has 0 spiro atoms. The molecule has 0 radical (unpaired) electrons. The number of rotatable bonds is 6. The van der Waals surface area contributed by atoms with E-state index in [1.54, 1.807) is 0 Å². The lowest BCUT2D eigenvalue weighted by molar-refractivity contribution is -0.194. The number of amides is 2. The summed E-state index contributed by atoms with van der Waals surface area (Å²) in [5.41, 5.74) is 0. The highest BCUT2D eigenvalue weighted by atomic mass is 32.2. The van der Waals surface area contributed by atoms with Crippen LogP contribution in [0.25, 0.3) is 0 Å². The van der Waals surface area contributed by atoms with E-state index in [1.165, 1.54) is 6.92 Å². The molecule has 17 heavy (non-hydrogen) atoms. The summed E-state index contributed by atoms with van der Waals surface area (Å²) in [7, 11) is -4.36. The molecule has 1 unspecified atom stereocenters. The quantitative estimate of drug-likeness (QED) is 0.386. The van der Waals surface area contributed by atoms with Gasteiger partial charge in [-0.25, -0.2) is 0 Å². The molecule has 0 saturated carbocycles. The third-order valence-corrected chi connectivity index (χ3v) is 2.71. The van der Waals surface area contributed by atoms with E-state index in [0.29, 0.717) is 0 Å². The van der Waals surface area contributed by atoms with Crippen molar-refractivity contribution in [3.8, 4) is 0 Å². The van der Waals surface area contributed by atoms with Crippen LogP contribution in [0.4, 0.5) is 0 Å². The topological polar surface area (TPSA) is 118 Å². The monoisotopic (exact) mass is 267 g/mol. The van der Waals surface area contributed by atoms with E-state index in [-0.39, 0.29) is 18.0 Å². The zero-order valence-electron chi connectivity index (χ0n) is 9.32. The fraction of sp³-hybridized carbons (Fsp3) is 0.625. The number of hydroxylamine groups is 2. The highest BCUT2D eigenvalue weighted by Gasteiger charge is 2.30. The third kappa shape index (κ3) is 5.41. The predicted molar refractivity (Wildman–Crippen MR) is 54.9 cm³/mol. The van der Waals surface area contributed by atoms with Crippen LogP contribution in [0.15, 0.2) is 0 Å². The van der Waals surface area contributed by atoms with E-state index in [4.69, 9.17) is 4.55 Å². The Balaban J connectivity index is 4.94. The zero-order chi connectivity index (χ0) is 13.6. The molecule has 0 aromatic rings. The van der Waals surface area contributed by atoms with Gasteiger partial charge in [0, 0.05) is 6.92 Å². The average Bonchev–Trinajstić information content (AvgIpc) is 2.19. The Kier molecular flexibility index (Phi) is 5.75. The van der Waals surface area contributed by atoms with E-state index >= 15 is 0 Å². The van der Waals surface area contributed by atoms with Crippen molar-refractivity contribution >= 4 is 28.4 Å². The molecule has 0 aromatic heterocycles. The van der Waals surface area contributed by atoms with Gasteiger partial charge < -0.3 is 4.84 Å².